The van der Waals surface area contributed by atoms with Crippen molar-refractivity contribution < 1.29 is 19.5 Å². The highest BCUT2D eigenvalue weighted by atomic mass is 35.5. The summed E-state index contributed by atoms with van der Waals surface area (Å²) < 4.78 is 0. The highest BCUT2D eigenvalue weighted by molar-refractivity contribution is 6.30. The SMILES string of the molecule is O=C(Nc1ccc(C(=O)N2CCCC2)cc1N1CCCC1)C1CC(O)CN1C(=O)Nc1ccc(Cl)cc1. The van der Waals surface area contributed by atoms with Crippen LogP contribution in [0.5, 0.6) is 0 Å². The maximum absolute atomic E-state index is 13.4. The summed E-state index contributed by atoms with van der Waals surface area (Å²) in [6.45, 7) is 3.30. The first kappa shape index (κ1) is 25.4. The molecule has 10 heteroatoms. The quantitative estimate of drug-likeness (QED) is 0.551. The number of likely N-dealkylation sites (tertiary alicyclic amines) is 2. The fourth-order valence-corrected chi connectivity index (χ4v) is 5.45. The van der Waals surface area contributed by atoms with Crippen LogP contribution in [0.15, 0.2) is 42.5 Å². The van der Waals surface area contributed by atoms with Gasteiger partial charge in [0.1, 0.15) is 6.04 Å². The molecule has 3 N–H and O–H groups in total. The number of anilines is 3. The van der Waals surface area contributed by atoms with Crippen LogP contribution in [0.25, 0.3) is 0 Å². The van der Waals surface area contributed by atoms with Gasteiger partial charge in [-0.2, -0.15) is 0 Å². The molecule has 0 bridgehead atoms. The smallest absolute Gasteiger partial charge is 0.322 e. The minimum Gasteiger partial charge on any atom is -0.391 e. The van der Waals surface area contributed by atoms with E-state index in [0.717, 1.165) is 57.5 Å². The Balaban J connectivity index is 1.34. The molecule has 3 saturated heterocycles. The number of urea groups is 1. The molecule has 0 aromatic heterocycles. The Kier molecular flexibility index (Phi) is 7.53. The van der Waals surface area contributed by atoms with E-state index in [2.05, 4.69) is 15.5 Å². The first-order valence-electron chi connectivity index (χ1n) is 12.9. The molecule has 4 amide bonds. The number of hydrogen-bond acceptors (Lipinski definition) is 5. The number of aliphatic hydroxyl groups excluding tert-OH is 1. The fourth-order valence-electron chi connectivity index (χ4n) is 5.32. The van der Waals surface area contributed by atoms with Crippen LogP contribution in [0.2, 0.25) is 5.02 Å². The lowest BCUT2D eigenvalue weighted by molar-refractivity contribution is -0.119. The fraction of sp³-hybridized carbons (Fsp3) is 0.444. The Morgan fingerprint density at radius 1 is 0.892 bits per heavy atom. The van der Waals surface area contributed by atoms with Gasteiger partial charge in [-0.1, -0.05) is 11.6 Å². The summed E-state index contributed by atoms with van der Waals surface area (Å²) in [5, 5.41) is 16.6. The molecular formula is C27H32ClN5O4. The van der Waals surface area contributed by atoms with Crippen molar-refractivity contribution in [1.82, 2.24) is 9.80 Å². The van der Waals surface area contributed by atoms with Gasteiger partial charge < -0.3 is 30.4 Å². The molecule has 5 rings (SSSR count). The Labute approximate surface area is 221 Å². The summed E-state index contributed by atoms with van der Waals surface area (Å²) in [6, 6.07) is 10.8. The van der Waals surface area contributed by atoms with Gasteiger partial charge in [0.25, 0.3) is 5.91 Å². The highest BCUT2D eigenvalue weighted by Gasteiger charge is 2.39. The van der Waals surface area contributed by atoms with Gasteiger partial charge >= 0.3 is 6.03 Å². The van der Waals surface area contributed by atoms with Gasteiger partial charge in [0, 0.05) is 55.4 Å². The van der Waals surface area contributed by atoms with Crippen LogP contribution in [-0.2, 0) is 4.79 Å². The summed E-state index contributed by atoms with van der Waals surface area (Å²) in [6.07, 6.45) is 3.48. The zero-order chi connectivity index (χ0) is 25.9. The van der Waals surface area contributed by atoms with Crippen LogP contribution >= 0.6 is 11.6 Å². The van der Waals surface area contributed by atoms with E-state index < -0.39 is 18.2 Å². The molecule has 0 aliphatic carbocycles. The first-order valence-corrected chi connectivity index (χ1v) is 13.3. The largest absolute Gasteiger partial charge is 0.391 e. The molecule has 3 fully saturated rings. The van der Waals surface area contributed by atoms with E-state index in [9.17, 15) is 19.5 Å². The van der Waals surface area contributed by atoms with Crippen LogP contribution in [0.1, 0.15) is 42.5 Å². The van der Waals surface area contributed by atoms with Crippen molar-refractivity contribution in [2.24, 2.45) is 0 Å². The first-order chi connectivity index (χ1) is 17.9. The second kappa shape index (κ2) is 11.0. The number of rotatable bonds is 5. The molecule has 0 radical (unpaired) electrons. The molecule has 2 aromatic carbocycles. The van der Waals surface area contributed by atoms with E-state index in [1.54, 1.807) is 36.4 Å². The number of amides is 4. The number of carbonyl (C=O) groups is 3. The van der Waals surface area contributed by atoms with E-state index >= 15 is 0 Å². The normalized spacial score (nSPS) is 21.4. The van der Waals surface area contributed by atoms with Crippen LogP contribution in [-0.4, -0.2) is 77.6 Å². The van der Waals surface area contributed by atoms with Crippen molar-refractivity contribution in [2.45, 2.75) is 44.2 Å². The number of halogens is 1. The lowest BCUT2D eigenvalue weighted by Crippen LogP contribution is -2.45. The summed E-state index contributed by atoms with van der Waals surface area (Å²) in [5.74, 6) is -0.360. The lowest BCUT2D eigenvalue weighted by Gasteiger charge is -2.26. The van der Waals surface area contributed by atoms with Gasteiger partial charge in [0.05, 0.1) is 17.5 Å². The van der Waals surface area contributed by atoms with E-state index in [4.69, 9.17) is 11.6 Å². The van der Waals surface area contributed by atoms with E-state index in [0.29, 0.717) is 22.0 Å². The second-order valence-corrected chi connectivity index (χ2v) is 10.3. The Bertz CT molecular complexity index is 1160. The monoisotopic (exact) mass is 525 g/mol. The number of carbonyl (C=O) groups excluding carboxylic acids is 3. The minimum atomic E-state index is -0.834. The van der Waals surface area contributed by atoms with Crippen molar-refractivity contribution in [3.63, 3.8) is 0 Å². The van der Waals surface area contributed by atoms with Crippen molar-refractivity contribution >= 4 is 46.5 Å². The lowest BCUT2D eigenvalue weighted by atomic mass is 10.1. The number of nitrogens with zero attached hydrogens (tertiary/aromatic N) is 3. The zero-order valence-electron chi connectivity index (χ0n) is 20.7. The number of benzene rings is 2. The molecule has 2 atom stereocenters. The summed E-state index contributed by atoms with van der Waals surface area (Å²) in [5.41, 5.74) is 2.57. The van der Waals surface area contributed by atoms with Gasteiger partial charge in [0.15, 0.2) is 0 Å². The molecule has 2 aromatic rings. The Hall–Kier alpha value is -3.30. The molecule has 196 valence electrons. The zero-order valence-corrected chi connectivity index (χ0v) is 21.4. The highest BCUT2D eigenvalue weighted by Crippen LogP contribution is 2.32. The Morgan fingerprint density at radius 3 is 2.27 bits per heavy atom. The minimum absolute atomic E-state index is 0.0137. The third kappa shape index (κ3) is 5.67. The third-order valence-corrected chi connectivity index (χ3v) is 7.53. The van der Waals surface area contributed by atoms with Gasteiger partial charge in [-0.05, 0) is 68.1 Å². The van der Waals surface area contributed by atoms with Crippen LogP contribution < -0.4 is 15.5 Å². The standard InChI is InChI=1S/C27H32ClN5O4/c28-19-6-8-20(9-7-19)29-27(37)33-17-21(34)16-24(33)25(35)30-22-10-5-18(26(36)32-13-3-4-14-32)15-23(22)31-11-1-2-12-31/h5-10,15,21,24,34H,1-4,11-14,16-17H2,(H,29,37)(H,30,35). The summed E-state index contributed by atoms with van der Waals surface area (Å²) >= 11 is 5.92. The number of hydrogen-bond donors (Lipinski definition) is 3. The topological polar surface area (TPSA) is 105 Å². The predicted octanol–water partition coefficient (Wildman–Crippen LogP) is 3.78. The molecule has 2 unspecified atom stereocenters. The number of β-amino-alcohol motifs (C(OH)–C–C–N with tert-alkyl or cyclic N) is 1. The third-order valence-electron chi connectivity index (χ3n) is 7.28. The number of nitrogens with one attached hydrogen (secondary N) is 2. The maximum atomic E-state index is 13.4. The molecule has 3 aliphatic rings. The molecule has 37 heavy (non-hydrogen) atoms. The average Bonchev–Trinajstić information content (AvgIpc) is 3.67. The number of aliphatic hydroxyl groups is 1. The predicted molar refractivity (Wildman–Crippen MR) is 143 cm³/mol. The molecular weight excluding hydrogens is 494 g/mol. The molecule has 9 nitrogen and oxygen atoms in total. The van der Waals surface area contributed by atoms with Crippen LogP contribution in [0.4, 0.5) is 21.9 Å². The maximum Gasteiger partial charge on any atom is 0.322 e. The molecule has 3 aliphatic heterocycles. The van der Waals surface area contributed by atoms with E-state index in [1.807, 2.05) is 11.0 Å². The second-order valence-electron chi connectivity index (χ2n) is 9.91. The van der Waals surface area contributed by atoms with Crippen molar-refractivity contribution in [3.05, 3.63) is 53.1 Å². The van der Waals surface area contributed by atoms with E-state index in [1.165, 1.54) is 4.90 Å². The van der Waals surface area contributed by atoms with Crippen molar-refractivity contribution in [1.29, 1.82) is 0 Å². The van der Waals surface area contributed by atoms with Crippen molar-refractivity contribution in [2.75, 3.05) is 48.3 Å². The van der Waals surface area contributed by atoms with E-state index in [-0.39, 0.29) is 24.8 Å². The molecule has 0 saturated carbocycles. The molecule has 0 spiro atoms. The van der Waals surface area contributed by atoms with Crippen LogP contribution in [0.3, 0.4) is 0 Å². The molecule has 3 heterocycles. The van der Waals surface area contributed by atoms with Crippen molar-refractivity contribution in [3.8, 4) is 0 Å². The van der Waals surface area contributed by atoms with Gasteiger partial charge in [-0.3, -0.25) is 9.59 Å². The van der Waals surface area contributed by atoms with Crippen LogP contribution in [0, 0.1) is 0 Å². The van der Waals surface area contributed by atoms with Gasteiger partial charge in [-0.15, -0.1) is 0 Å². The van der Waals surface area contributed by atoms with Gasteiger partial charge in [0.2, 0.25) is 5.91 Å². The summed E-state index contributed by atoms with van der Waals surface area (Å²) in [4.78, 5) is 44.8. The van der Waals surface area contributed by atoms with Gasteiger partial charge in [-0.25, -0.2) is 4.79 Å². The average molecular weight is 526 g/mol. The Morgan fingerprint density at radius 2 is 1.57 bits per heavy atom. The summed E-state index contributed by atoms with van der Waals surface area (Å²) in [7, 11) is 0.